The number of hydrogen-bond donors (Lipinski definition) is 1. The smallest absolute Gasteiger partial charge is 0.111 e. The number of fused-ring (bicyclic) bond motifs is 1. The van der Waals surface area contributed by atoms with Gasteiger partial charge in [-0.15, -0.1) is 0 Å². The standard InChI is InChI=1S/C21H32N4O/c1-16-6-4-8-18-19(16)23-20(22-18)17-7-5-9-24(14-17)15-21(2,3)25-10-12-26-13-11-25/h4,6,8,17H,5,7,9-15H2,1-3H3,(H,22,23)/t17-/m0/s1. The third kappa shape index (κ3) is 3.66. The molecule has 1 N–H and O–H groups in total. The van der Waals surface area contributed by atoms with Crippen LogP contribution in [0.2, 0.25) is 0 Å². The van der Waals surface area contributed by atoms with Crippen molar-refractivity contribution in [2.24, 2.45) is 0 Å². The Bertz CT molecular complexity index is 748. The maximum atomic E-state index is 5.53. The Balaban J connectivity index is 1.45. The Hall–Kier alpha value is -1.43. The lowest BCUT2D eigenvalue weighted by atomic mass is 9.94. The van der Waals surface area contributed by atoms with Crippen LogP contribution in [0.5, 0.6) is 0 Å². The zero-order valence-electron chi connectivity index (χ0n) is 16.4. The Morgan fingerprint density at radius 2 is 2.04 bits per heavy atom. The van der Waals surface area contributed by atoms with Crippen molar-refractivity contribution in [3.63, 3.8) is 0 Å². The van der Waals surface area contributed by atoms with Crippen molar-refractivity contribution < 1.29 is 4.74 Å². The van der Waals surface area contributed by atoms with Crippen LogP contribution >= 0.6 is 0 Å². The normalized spacial score (nSPS) is 23.6. The van der Waals surface area contributed by atoms with Gasteiger partial charge in [-0.25, -0.2) is 4.98 Å². The first-order chi connectivity index (χ1) is 12.5. The third-order valence-electron chi connectivity index (χ3n) is 6.10. The first kappa shape index (κ1) is 18.0. The summed E-state index contributed by atoms with van der Waals surface area (Å²) in [4.78, 5) is 13.8. The lowest BCUT2D eigenvalue weighted by molar-refractivity contribution is -0.0242. The van der Waals surface area contributed by atoms with Gasteiger partial charge in [-0.1, -0.05) is 12.1 Å². The maximum Gasteiger partial charge on any atom is 0.111 e. The van der Waals surface area contributed by atoms with Crippen molar-refractivity contribution in [3.05, 3.63) is 29.6 Å². The van der Waals surface area contributed by atoms with Crippen molar-refractivity contribution in [1.29, 1.82) is 0 Å². The van der Waals surface area contributed by atoms with Crippen LogP contribution in [0.25, 0.3) is 11.0 Å². The average Bonchev–Trinajstić information content (AvgIpc) is 3.08. The van der Waals surface area contributed by atoms with E-state index in [0.29, 0.717) is 5.92 Å². The molecule has 26 heavy (non-hydrogen) atoms. The van der Waals surface area contributed by atoms with Crippen molar-refractivity contribution in [2.75, 3.05) is 45.9 Å². The fourth-order valence-corrected chi connectivity index (χ4v) is 4.63. The van der Waals surface area contributed by atoms with E-state index < -0.39 is 0 Å². The molecular formula is C21H32N4O. The molecule has 0 unspecified atom stereocenters. The number of likely N-dealkylation sites (tertiary alicyclic amines) is 1. The van der Waals surface area contributed by atoms with Crippen LogP contribution < -0.4 is 0 Å². The molecule has 0 amide bonds. The van der Waals surface area contributed by atoms with Crippen LogP contribution in [0.15, 0.2) is 18.2 Å². The SMILES string of the molecule is Cc1cccc2[nH]c([C@H]3CCCN(CC(C)(C)N4CCOCC4)C3)nc12. The summed E-state index contributed by atoms with van der Waals surface area (Å²) in [5.41, 5.74) is 3.75. The second-order valence-corrected chi connectivity index (χ2v) is 8.58. The lowest BCUT2D eigenvalue weighted by Gasteiger charge is -2.45. The topological polar surface area (TPSA) is 44.4 Å². The van der Waals surface area contributed by atoms with Gasteiger partial charge in [-0.3, -0.25) is 4.90 Å². The van der Waals surface area contributed by atoms with E-state index in [1.165, 1.54) is 36.3 Å². The Morgan fingerprint density at radius 1 is 1.23 bits per heavy atom. The van der Waals surface area contributed by atoms with E-state index in [-0.39, 0.29) is 5.54 Å². The molecule has 5 heteroatoms. The highest BCUT2D eigenvalue weighted by molar-refractivity contribution is 5.78. The minimum Gasteiger partial charge on any atom is -0.379 e. The molecule has 1 aromatic heterocycles. The molecule has 0 radical (unpaired) electrons. The number of benzene rings is 1. The van der Waals surface area contributed by atoms with Gasteiger partial charge in [0.1, 0.15) is 5.82 Å². The molecule has 1 atom stereocenters. The number of H-pyrrole nitrogens is 1. The molecule has 2 aliphatic heterocycles. The molecule has 5 nitrogen and oxygen atoms in total. The minimum absolute atomic E-state index is 0.191. The molecule has 142 valence electrons. The number of hydrogen-bond acceptors (Lipinski definition) is 4. The summed E-state index contributed by atoms with van der Waals surface area (Å²) in [6.07, 6.45) is 2.48. The number of rotatable bonds is 4. The fourth-order valence-electron chi connectivity index (χ4n) is 4.63. The van der Waals surface area contributed by atoms with Crippen LogP contribution in [0.3, 0.4) is 0 Å². The van der Waals surface area contributed by atoms with E-state index in [4.69, 9.17) is 9.72 Å². The summed E-state index contributed by atoms with van der Waals surface area (Å²) in [6, 6.07) is 6.39. The molecule has 0 aliphatic carbocycles. The van der Waals surface area contributed by atoms with Gasteiger partial charge in [0.2, 0.25) is 0 Å². The monoisotopic (exact) mass is 356 g/mol. The molecule has 2 saturated heterocycles. The number of aryl methyl sites for hydroxylation is 1. The average molecular weight is 357 g/mol. The van der Waals surface area contributed by atoms with E-state index in [0.717, 1.165) is 44.9 Å². The molecule has 0 saturated carbocycles. The maximum absolute atomic E-state index is 5.53. The van der Waals surface area contributed by atoms with Crippen LogP contribution in [0.1, 0.15) is 44.0 Å². The van der Waals surface area contributed by atoms with Crippen LogP contribution in [-0.2, 0) is 4.74 Å². The molecule has 0 spiro atoms. The van der Waals surface area contributed by atoms with E-state index in [2.05, 4.69) is 53.8 Å². The third-order valence-corrected chi connectivity index (χ3v) is 6.10. The zero-order valence-corrected chi connectivity index (χ0v) is 16.4. The number of imidazole rings is 1. The molecule has 3 heterocycles. The highest BCUT2D eigenvalue weighted by Crippen LogP contribution is 2.29. The molecule has 1 aromatic carbocycles. The van der Waals surface area contributed by atoms with Gasteiger partial charge >= 0.3 is 0 Å². The van der Waals surface area contributed by atoms with Crippen molar-refractivity contribution in [3.8, 4) is 0 Å². The molecule has 2 aliphatic rings. The van der Waals surface area contributed by atoms with E-state index >= 15 is 0 Å². The van der Waals surface area contributed by atoms with Gasteiger partial charge in [0, 0.05) is 37.6 Å². The Labute approximate surface area is 156 Å². The van der Waals surface area contributed by atoms with E-state index in [1.807, 2.05) is 0 Å². The van der Waals surface area contributed by atoms with Crippen molar-refractivity contribution in [1.82, 2.24) is 19.8 Å². The number of para-hydroxylation sites is 1. The van der Waals surface area contributed by atoms with Gasteiger partial charge in [0.15, 0.2) is 0 Å². The minimum atomic E-state index is 0.191. The highest BCUT2D eigenvalue weighted by atomic mass is 16.5. The summed E-state index contributed by atoms with van der Waals surface area (Å²) < 4.78 is 5.53. The van der Waals surface area contributed by atoms with Gasteiger partial charge in [0.05, 0.1) is 24.2 Å². The quantitative estimate of drug-likeness (QED) is 0.914. The number of nitrogens with zero attached hydrogens (tertiary/aromatic N) is 3. The van der Waals surface area contributed by atoms with Crippen LogP contribution in [0.4, 0.5) is 0 Å². The highest BCUT2D eigenvalue weighted by Gasteiger charge is 2.33. The Morgan fingerprint density at radius 3 is 2.81 bits per heavy atom. The van der Waals surface area contributed by atoms with Crippen LogP contribution in [0, 0.1) is 6.92 Å². The predicted octanol–water partition coefficient (Wildman–Crippen LogP) is 3.16. The molecule has 4 rings (SSSR count). The number of aromatic nitrogens is 2. The second kappa shape index (κ2) is 7.29. The number of ether oxygens (including phenoxy) is 1. The number of morpholine rings is 1. The van der Waals surface area contributed by atoms with Gasteiger partial charge < -0.3 is 14.6 Å². The first-order valence-corrected chi connectivity index (χ1v) is 10.0. The summed E-state index contributed by atoms with van der Waals surface area (Å²) >= 11 is 0. The number of piperidine rings is 1. The predicted molar refractivity (Wildman–Crippen MR) is 106 cm³/mol. The fraction of sp³-hybridized carbons (Fsp3) is 0.667. The summed E-state index contributed by atoms with van der Waals surface area (Å²) in [5.74, 6) is 1.68. The van der Waals surface area contributed by atoms with E-state index in [1.54, 1.807) is 0 Å². The second-order valence-electron chi connectivity index (χ2n) is 8.58. The van der Waals surface area contributed by atoms with Crippen molar-refractivity contribution >= 4 is 11.0 Å². The number of nitrogens with one attached hydrogen (secondary N) is 1. The molecule has 2 aromatic rings. The number of aromatic amines is 1. The summed E-state index contributed by atoms with van der Waals surface area (Å²) in [6.45, 7) is 14.2. The molecule has 2 fully saturated rings. The Kier molecular flexibility index (Phi) is 5.04. The van der Waals surface area contributed by atoms with E-state index in [9.17, 15) is 0 Å². The molecular weight excluding hydrogens is 324 g/mol. The zero-order chi connectivity index (χ0) is 18.1. The summed E-state index contributed by atoms with van der Waals surface area (Å²) in [7, 11) is 0. The van der Waals surface area contributed by atoms with Gasteiger partial charge in [-0.2, -0.15) is 0 Å². The molecule has 0 bridgehead atoms. The van der Waals surface area contributed by atoms with Gasteiger partial charge in [-0.05, 0) is 51.8 Å². The largest absolute Gasteiger partial charge is 0.379 e. The van der Waals surface area contributed by atoms with Crippen molar-refractivity contribution in [2.45, 2.75) is 45.1 Å². The van der Waals surface area contributed by atoms with Gasteiger partial charge in [0.25, 0.3) is 0 Å². The first-order valence-electron chi connectivity index (χ1n) is 10.0. The summed E-state index contributed by atoms with van der Waals surface area (Å²) in [5, 5.41) is 0. The van der Waals surface area contributed by atoms with Crippen LogP contribution in [-0.4, -0.2) is 71.2 Å². The lowest BCUT2D eigenvalue weighted by Crippen LogP contribution is -2.56.